The average Bonchev–Trinajstić information content (AvgIpc) is 2.42. The molecule has 0 aliphatic carbocycles. The number of rotatable bonds is 4. The van der Waals surface area contributed by atoms with E-state index in [-0.39, 0.29) is 0 Å². The third-order valence-electron chi connectivity index (χ3n) is 2.36. The first-order valence-electron chi connectivity index (χ1n) is 6.00. The number of carbonyl (C=O) groups excluding carboxylic acids is 1. The van der Waals surface area contributed by atoms with Crippen LogP contribution in [0.15, 0.2) is 48.7 Å². The predicted molar refractivity (Wildman–Crippen MR) is 74.6 cm³/mol. The van der Waals surface area contributed by atoms with Crippen molar-refractivity contribution in [2.24, 2.45) is 0 Å². The molecule has 2 rings (SSSR count). The Morgan fingerprint density at radius 3 is 2.74 bits per heavy atom. The summed E-state index contributed by atoms with van der Waals surface area (Å²) in [6.07, 6.45) is 1.16. The van der Waals surface area contributed by atoms with E-state index >= 15 is 0 Å². The molecule has 19 heavy (non-hydrogen) atoms. The highest BCUT2D eigenvalue weighted by Gasteiger charge is 2.07. The molecule has 0 radical (unpaired) electrons. The summed E-state index contributed by atoms with van der Waals surface area (Å²) in [6, 6.07) is 13.1. The van der Waals surface area contributed by atoms with E-state index in [2.05, 4.69) is 15.6 Å². The summed E-state index contributed by atoms with van der Waals surface area (Å²) in [5, 5.41) is 5.78. The zero-order valence-corrected chi connectivity index (χ0v) is 10.6. The van der Waals surface area contributed by atoms with Crippen LogP contribution in [-0.4, -0.2) is 17.7 Å². The van der Waals surface area contributed by atoms with Crippen LogP contribution >= 0.6 is 0 Å². The molecule has 0 aliphatic heterocycles. The summed E-state index contributed by atoms with van der Waals surface area (Å²) in [7, 11) is 0. The number of hydrogen-bond donors (Lipinski definition) is 2. The van der Waals surface area contributed by atoms with Crippen molar-refractivity contribution >= 4 is 23.3 Å². The van der Waals surface area contributed by atoms with Crippen LogP contribution in [0.25, 0.3) is 0 Å². The lowest BCUT2D eigenvalue weighted by atomic mass is 10.3. The molecule has 0 fully saturated rings. The predicted octanol–water partition coefficient (Wildman–Crippen LogP) is 3.39. The minimum atomic E-state index is -0.494. The first-order chi connectivity index (χ1) is 9.29. The van der Waals surface area contributed by atoms with E-state index in [0.29, 0.717) is 18.1 Å². The number of benzene rings is 1. The second-order valence-electron chi connectivity index (χ2n) is 3.74. The molecular formula is C14H15N3O2. The number of hydrogen-bond acceptors (Lipinski definition) is 4. The van der Waals surface area contributed by atoms with Crippen LogP contribution in [0.2, 0.25) is 0 Å². The highest BCUT2D eigenvalue weighted by Crippen LogP contribution is 2.22. The molecule has 0 saturated carbocycles. The molecule has 1 aromatic heterocycles. The van der Waals surface area contributed by atoms with E-state index in [0.717, 1.165) is 5.69 Å². The largest absolute Gasteiger partial charge is 0.450 e. The van der Waals surface area contributed by atoms with Gasteiger partial charge in [0.2, 0.25) is 0 Å². The van der Waals surface area contributed by atoms with Gasteiger partial charge in [0, 0.05) is 11.9 Å². The Labute approximate surface area is 111 Å². The van der Waals surface area contributed by atoms with Crippen LogP contribution in [0.1, 0.15) is 6.92 Å². The van der Waals surface area contributed by atoms with Gasteiger partial charge in [-0.1, -0.05) is 18.2 Å². The van der Waals surface area contributed by atoms with Gasteiger partial charge in [0.15, 0.2) is 5.82 Å². The highest BCUT2D eigenvalue weighted by molar-refractivity contribution is 5.89. The molecule has 0 unspecified atom stereocenters. The van der Waals surface area contributed by atoms with Crippen molar-refractivity contribution in [2.45, 2.75) is 6.92 Å². The number of pyridine rings is 1. The number of ether oxygens (including phenoxy) is 1. The summed E-state index contributed by atoms with van der Waals surface area (Å²) in [5.74, 6) is 0.571. The molecule has 1 aromatic carbocycles. The quantitative estimate of drug-likeness (QED) is 0.881. The summed E-state index contributed by atoms with van der Waals surface area (Å²) in [6.45, 7) is 2.08. The van der Waals surface area contributed by atoms with Crippen LogP contribution in [0.5, 0.6) is 0 Å². The average molecular weight is 257 g/mol. The van der Waals surface area contributed by atoms with Gasteiger partial charge < -0.3 is 10.1 Å². The summed E-state index contributed by atoms with van der Waals surface area (Å²) in [5.41, 5.74) is 1.47. The Morgan fingerprint density at radius 1 is 1.21 bits per heavy atom. The Morgan fingerprint density at radius 2 is 2.00 bits per heavy atom. The molecule has 0 saturated heterocycles. The third kappa shape index (κ3) is 3.70. The maximum Gasteiger partial charge on any atom is 0.411 e. The second kappa shape index (κ2) is 6.39. The van der Waals surface area contributed by atoms with E-state index in [1.165, 1.54) is 0 Å². The molecule has 0 atom stereocenters. The van der Waals surface area contributed by atoms with E-state index < -0.39 is 6.09 Å². The first-order valence-corrected chi connectivity index (χ1v) is 6.00. The number of amides is 1. The van der Waals surface area contributed by atoms with Gasteiger partial charge in [0.05, 0.1) is 12.3 Å². The summed E-state index contributed by atoms with van der Waals surface area (Å²) < 4.78 is 4.85. The molecule has 5 heteroatoms. The Balaban J connectivity index is 2.14. The van der Waals surface area contributed by atoms with Crippen LogP contribution in [0, 0.1) is 0 Å². The van der Waals surface area contributed by atoms with Gasteiger partial charge in [0.1, 0.15) is 0 Å². The number of carbonyl (C=O) groups is 1. The van der Waals surface area contributed by atoms with Crippen LogP contribution < -0.4 is 10.6 Å². The molecule has 2 N–H and O–H groups in total. The fourth-order valence-corrected chi connectivity index (χ4v) is 1.54. The monoisotopic (exact) mass is 257 g/mol. The Kier molecular flexibility index (Phi) is 4.34. The lowest BCUT2D eigenvalue weighted by Gasteiger charge is -2.11. The molecule has 0 spiro atoms. The summed E-state index contributed by atoms with van der Waals surface area (Å²) >= 11 is 0. The van der Waals surface area contributed by atoms with Gasteiger partial charge >= 0.3 is 6.09 Å². The fourth-order valence-electron chi connectivity index (χ4n) is 1.54. The lowest BCUT2D eigenvalue weighted by Crippen LogP contribution is -2.14. The smallest absolute Gasteiger partial charge is 0.411 e. The fraction of sp³-hybridized carbons (Fsp3) is 0.143. The van der Waals surface area contributed by atoms with Crippen LogP contribution in [-0.2, 0) is 4.74 Å². The van der Waals surface area contributed by atoms with Crippen LogP contribution in [0.3, 0.4) is 0 Å². The van der Waals surface area contributed by atoms with E-state index in [4.69, 9.17) is 4.74 Å². The van der Waals surface area contributed by atoms with Crippen molar-refractivity contribution in [1.29, 1.82) is 0 Å². The van der Waals surface area contributed by atoms with Gasteiger partial charge in [0.25, 0.3) is 0 Å². The molecule has 0 bridgehead atoms. The van der Waals surface area contributed by atoms with Crippen molar-refractivity contribution in [3.8, 4) is 0 Å². The van der Waals surface area contributed by atoms with E-state index in [1.807, 2.05) is 30.3 Å². The van der Waals surface area contributed by atoms with E-state index in [1.54, 1.807) is 25.3 Å². The highest BCUT2D eigenvalue weighted by atomic mass is 16.5. The number of para-hydroxylation sites is 1. The molecule has 5 nitrogen and oxygen atoms in total. The number of anilines is 3. The normalized spacial score (nSPS) is 9.74. The lowest BCUT2D eigenvalue weighted by molar-refractivity contribution is 0.168. The summed E-state index contributed by atoms with van der Waals surface area (Å²) in [4.78, 5) is 15.6. The molecule has 1 heterocycles. The number of aromatic nitrogens is 1. The minimum Gasteiger partial charge on any atom is -0.450 e. The zero-order valence-electron chi connectivity index (χ0n) is 10.6. The van der Waals surface area contributed by atoms with Crippen molar-refractivity contribution in [3.05, 3.63) is 48.7 Å². The van der Waals surface area contributed by atoms with Crippen LogP contribution in [0.4, 0.5) is 22.0 Å². The van der Waals surface area contributed by atoms with Crippen molar-refractivity contribution in [1.82, 2.24) is 4.98 Å². The minimum absolute atomic E-state index is 0.327. The molecule has 1 amide bonds. The maximum atomic E-state index is 11.4. The zero-order chi connectivity index (χ0) is 13.5. The molecule has 98 valence electrons. The van der Waals surface area contributed by atoms with Gasteiger partial charge in [-0.2, -0.15) is 0 Å². The first kappa shape index (κ1) is 12.9. The molecular weight excluding hydrogens is 242 g/mol. The Bertz CT molecular complexity index is 543. The topological polar surface area (TPSA) is 63.2 Å². The van der Waals surface area contributed by atoms with Gasteiger partial charge in [-0.3, -0.25) is 5.32 Å². The van der Waals surface area contributed by atoms with Gasteiger partial charge in [-0.05, 0) is 31.2 Å². The SMILES string of the molecule is CCOC(=O)Nc1cccnc1Nc1ccccc1. The molecule has 0 aliphatic rings. The number of nitrogens with one attached hydrogen (secondary N) is 2. The van der Waals surface area contributed by atoms with Crippen molar-refractivity contribution in [2.75, 3.05) is 17.2 Å². The molecule has 2 aromatic rings. The maximum absolute atomic E-state index is 11.4. The standard InChI is InChI=1S/C14H15N3O2/c1-2-19-14(18)17-12-9-6-10-15-13(12)16-11-7-4-3-5-8-11/h3-10H,2H2,1H3,(H,15,16)(H,17,18). The number of nitrogens with zero attached hydrogens (tertiary/aromatic N) is 1. The van der Waals surface area contributed by atoms with Gasteiger partial charge in [-0.25, -0.2) is 9.78 Å². The third-order valence-corrected chi connectivity index (χ3v) is 2.36. The second-order valence-corrected chi connectivity index (χ2v) is 3.74. The Hall–Kier alpha value is -2.56. The van der Waals surface area contributed by atoms with Gasteiger partial charge in [-0.15, -0.1) is 0 Å². The van der Waals surface area contributed by atoms with E-state index in [9.17, 15) is 4.79 Å². The van der Waals surface area contributed by atoms with Crippen molar-refractivity contribution < 1.29 is 9.53 Å². The van der Waals surface area contributed by atoms with Crippen molar-refractivity contribution in [3.63, 3.8) is 0 Å².